The minimum Gasteiger partial charge on any atom is -0.468 e. The molecule has 1 fully saturated rings. The van der Waals surface area contributed by atoms with E-state index in [2.05, 4.69) is 15.2 Å². The summed E-state index contributed by atoms with van der Waals surface area (Å²) >= 11 is 0. The van der Waals surface area contributed by atoms with Crippen LogP contribution in [0, 0.1) is 17.2 Å². The molecule has 4 N–H and O–H groups in total. The van der Waals surface area contributed by atoms with Crippen LogP contribution in [-0.2, 0) is 38.5 Å². The van der Waals surface area contributed by atoms with Crippen LogP contribution in [0.25, 0.3) is 5.52 Å². The molecule has 1 aliphatic heterocycles. The van der Waals surface area contributed by atoms with Gasteiger partial charge < -0.3 is 29.6 Å². The minimum atomic E-state index is -4.37. The Balaban J connectivity index is 1.74. The molecule has 15 nitrogen and oxygen atoms in total. The van der Waals surface area contributed by atoms with Crippen molar-refractivity contribution in [2.24, 2.45) is 5.92 Å². The number of nitriles is 1. The molecule has 1 aliphatic rings. The molecule has 3 aromatic rings. The summed E-state index contributed by atoms with van der Waals surface area (Å²) < 4.78 is 43.2. The van der Waals surface area contributed by atoms with Gasteiger partial charge >= 0.3 is 19.7 Å². The topological polar surface area (TPSA) is 210 Å². The van der Waals surface area contributed by atoms with Crippen molar-refractivity contribution in [3.05, 3.63) is 54.5 Å². The molecule has 0 aliphatic carbocycles. The molecule has 1 aromatic carbocycles. The largest absolute Gasteiger partial charge is 0.468 e. The Labute approximate surface area is 247 Å². The summed E-state index contributed by atoms with van der Waals surface area (Å²) in [6.07, 6.45) is -1.71. The highest BCUT2D eigenvalue weighted by Gasteiger charge is 2.67. The number of aromatic nitrogens is 3. The number of aliphatic hydroxyl groups is 1. The predicted molar refractivity (Wildman–Crippen MR) is 150 cm³/mol. The van der Waals surface area contributed by atoms with Gasteiger partial charge in [0.05, 0.1) is 25.3 Å². The Kier molecular flexibility index (Phi) is 9.10. The lowest BCUT2D eigenvalue weighted by Crippen LogP contribution is -2.54. The Morgan fingerprint density at radius 3 is 2.56 bits per heavy atom. The van der Waals surface area contributed by atoms with Gasteiger partial charge in [0.15, 0.2) is 11.9 Å². The molecule has 0 saturated carbocycles. The monoisotopic (exact) mass is 616 g/mol. The first-order chi connectivity index (χ1) is 20.3. The van der Waals surface area contributed by atoms with E-state index in [0.29, 0.717) is 5.52 Å². The van der Waals surface area contributed by atoms with Crippen LogP contribution in [0.5, 0.6) is 5.75 Å². The van der Waals surface area contributed by atoms with Gasteiger partial charge in [0.1, 0.15) is 41.4 Å². The van der Waals surface area contributed by atoms with Crippen molar-refractivity contribution in [2.45, 2.75) is 57.1 Å². The fourth-order valence-electron chi connectivity index (χ4n) is 4.63. The van der Waals surface area contributed by atoms with Crippen molar-refractivity contribution in [2.75, 3.05) is 19.5 Å². The number of rotatable bonds is 11. The number of anilines is 1. The number of nitrogens with one attached hydrogen (secondary N) is 1. The summed E-state index contributed by atoms with van der Waals surface area (Å²) in [6, 6.07) is 12.0. The minimum absolute atomic E-state index is 0.0679. The van der Waals surface area contributed by atoms with Gasteiger partial charge in [-0.15, -0.1) is 0 Å². The van der Waals surface area contributed by atoms with Crippen molar-refractivity contribution in [3.8, 4) is 11.8 Å². The molecule has 1 saturated heterocycles. The van der Waals surface area contributed by atoms with Crippen LogP contribution in [0.4, 0.5) is 5.82 Å². The van der Waals surface area contributed by atoms with Crippen LogP contribution in [0.15, 0.2) is 48.8 Å². The number of nitrogens with zero attached hydrogens (tertiary/aromatic N) is 4. The van der Waals surface area contributed by atoms with Gasteiger partial charge in [0.2, 0.25) is 5.60 Å². The van der Waals surface area contributed by atoms with Gasteiger partial charge in [-0.1, -0.05) is 32.0 Å². The number of esters is 2. The molecule has 3 heterocycles. The third kappa shape index (κ3) is 6.06. The van der Waals surface area contributed by atoms with E-state index in [4.69, 9.17) is 29.0 Å². The smallest absolute Gasteiger partial charge is 0.459 e. The quantitative estimate of drug-likeness (QED) is 0.208. The van der Waals surface area contributed by atoms with E-state index in [1.165, 1.54) is 42.9 Å². The molecular weight excluding hydrogens is 583 g/mol. The number of carbonyl (C=O) groups is 2. The summed E-state index contributed by atoms with van der Waals surface area (Å²) in [5.74, 6) is -1.78. The van der Waals surface area contributed by atoms with Crippen LogP contribution in [0.2, 0.25) is 0 Å². The van der Waals surface area contributed by atoms with Crippen molar-refractivity contribution in [1.82, 2.24) is 19.7 Å². The van der Waals surface area contributed by atoms with Crippen LogP contribution in [0.3, 0.4) is 0 Å². The molecular formula is C27H33N6O9P. The molecule has 43 heavy (non-hydrogen) atoms. The third-order valence-corrected chi connectivity index (χ3v) is 8.57. The maximum atomic E-state index is 14.0. The zero-order chi connectivity index (χ0) is 31.6. The SMILES string of the molecule is COC(=O)[C@H](C)N[P@@](=O)(OC[C@H]1O[C@@](C#N)(c2ccc3c(N)ncnn23)[C@](C)(O)[C@@H]1OC(=O)C(C)C)Oc1ccccc1. The Hall–Kier alpha value is -4.06. The third-order valence-electron chi connectivity index (χ3n) is 6.93. The van der Waals surface area contributed by atoms with Crippen molar-refractivity contribution < 1.29 is 42.5 Å². The second-order valence-corrected chi connectivity index (χ2v) is 12.0. The Bertz CT molecular complexity index is 1570. The number of nitrogen functional groups attached to an aromatic ring is 1. The summed E-state index contributed by atoms with van der Waals surface area (Å²) in [6.45, 7) is 5.23. The summed E-state index contributed by atoms with van der Waals surface area (Å²) in [5, 5.41) is 29.1. The van der Waals surface area contributed by atoms with Gasteiger partial charge in [0, 0.05) is 0 Å². The summed E-state index contributed by atoms with van der Waals surface area (Å²) in [7, 11) is -3.21. The molecule has 16 heteroatoms. The average molecular weight is 617 g/mol. The van der Waals surface area contributed by atoms with E-state index in [9.17, 15) is 24.5 Å². The fraction of sp³-hybridized carbons (Fsp3) is 0.444. The maximum absolute atomic E-state index is 14.0. The number of fused-ring (bicyclic) bond motifs is 1. The van der Waals surface area contributed by atoms with Gasteiger partial charge in [0.25, 0.3) is 0 Å². The van der Waals surface area contributed by atoms with E-state index in [1.807, 2.05) is 6.07 Å². The Morgan fingerprint density at radius 1 is 1.23 bits per heavy atom. The highest BCUT2D eigenvalue weighted by molar-refractivity contribution is 7.52. The van der Waals surface area contributed by atoms with Crippen LogP contribution < -0.4 is 15.3 Å². The first kappa shape index (κ1) is 31.9. The number of nitrogens with two attached hydrogens (primary N) is 1. The molecule has 0 unspecified atom stereocenters. The normalized spacial score (nSPS) is 25.5. The zero-order valence-electron chi connectivity index (χ0n) is 24.2. The molecule has 4 rings (SSSR count). The molecule has 2 aromatic heterocycles. The lowest BCUT2D eigenvalue weighted by Gasteiger charge is -2.34. The number of methoxy groups -OCH3 is 1. The lowest BCUT2D eigenvalue weighted by molar-refractivity contribution is -0.168. The standard InChI is InChI=1S/C27H33N6O9P/c1-16(2)24(34)40-22-20(13-39-43(37,32-17(3)25(35)38-5)42-18-9-7-6-8-10-18)41-27(14-28,26(22,4)36)21-12-11-19-23(29)30-15-31-33(19)21/h6-12,15-17,20,22,36H,13H2,1-5H3,(H,32,37)(H2,29,30,31)/t17-,20+,22+,26+,27-,43+/m0/s1. The van der Waals surface area contributed by atoms with Gasteiger partial charge in [-0.05, 0) is 38.1 Å². The second-order valence-electron chi connectivity index (χ2n) is 10.3. The van der Waals surface area contributed by atoms with Gasteiger partial charge in [-0.3, -0.25) is 14.1 Å². The molecule has 0 bridgehead atoms. The second kappa shape index (κ2) is 12.3. The molecule has 0 radical (unpaired) electrons. The van der Waals surface area contributed by atoms with Crippen molar-refractivity contribution in [1.29, 1.82) is 5.26 Å². The first-order valence-electron chi connectivity index (χ1n) is 13.2. The average Bonchev–Trinajstić information content (AvgIpc) is 3.50. The highest BCUT2D eigenvalue weighted by Crippen LogP contribution is 2.51. The van der Waals surface area contributed by atoms with E-state index in [0.717, 1.165) is 7.11 Å². The van der Waals surface area contributed by atoms with E-state index >= 15 is 0 Å². The van der Waals surface area contributed by atoms with Gasteiger partial charge in [-0.2, -0.15) is 15.4 Å². The number of benzene rings is 1. The van der Waals surface area contributed by atoms with Crippen molar-refractivity contribution >= 4 is 31.0 Å². The molecule has 0 amide bonds. The van der Waals surface area contributed by atoms with Gasteiger partial charge in [-0.25, -0.2) is 14.1 Å². The van der Waals surface area contributed by atoms with Crippen LogP contribution >= 0.6 is 7.75 Å². The van der Waals surface area contributed by atoms with Crippen LogP contribution in [-0.4, -0.2) is 69.2 Å². The molecule has 230 valence electrons. The number of hydrogen-bond donors (Lipinski definition) is 3. The molecule has 6 atom stereocenters. The van der Waals surface area contributed by atoms with Crippen molar-refractivity contribution in [3.63, 3.8) is 0 Å². The maximum Gasteiger partial charge on any atom is 0.459 e. The molecule has 0 spiro atoms. The zero-order valence-corrected chi connectivity index (χ0v) is 25.1. The van der Waals surface area contributed by atoms with E-state index in [1.54, 1.807) is 38.1 Å². The number of hydrogen-bond acceptors (Lipinski definition) is 13. The summed E-state index contributed by atoms with van der Waals surface area (Å²) in [5.41, 5.74) is 1.99. The Morgan fingerprint density at radius 2 is 1.93 bits per heavy atom. The first-order valence-corrected chi connectivity index (χ1v) is 14.8. The predicted octanol–water partition coefficient (Wildman–Crippen LogP) is 2.10. The summed E-state index contributed by atoms with van der Waals surface area (Å²) in [4.78, 5) is 28.8. The number of carbonyl (C=O) groups excluding carboxylic acids is 2. The van der Waals surface area contributed by atoms with E-state index < -0.39 is 61.7 Å². The highest BCUT2D eigenvalue weighted by atomic mass is 31.2. The lowest BCUT2D eigenvalue weighted by atomic mass is 9.80. The number of ether oxygens (including phenoxy) is 3. The van der Waals surface area contributed by atoms with Crippen LogP contribution in [0.1, 0.15) is 33.4 Å². The van der Waals surface area contributed by atoms with E-state index in [-0.39, 0.29) is 17.3 Å². The number of para-hydroxylation sites is 1. The fourth-order valence-corrected chi connectivity index (χ4v) is 6.13.